The predicted molar refractivity (Wildman–Crippen MR) is 55.7 cm³/mol. The van der Waals surface area contributed by atoms with E-state index in [0.717, 1.165) is 25.1 Å². The third kappa shape index (κ3) is 2.55. The number of nitrogens with one attached hydrogen (secondary N) is 1. The molecular weight excluding hydrogens is 177 g/mol. The number of hydrogen-bond donors (Lipinski definition) is 1. The Hall–Kier alpha value is -0.890. The van der Waals surface area contributed by atoms with Crippen LogP contribution in [0.2, 0.25) is 0 Å². The lowest BCUT2D eigenvalue weighted by atomic mass is 9.92. The lowest BCUT2D eigenvalue weighted by Crippen LogP contribution is -2.30. The SMILES string of the molecule is Fc1cccc(CC2CCCNC2)c1. The molecule has 1 heterocycles. The Morgan fingerprint density at radius 2 is 2.36 bits per heavy atom. The Bertz CT molecular complexity index is 292. The van der Waals surface area contributed by atoms with Gasteiger partial charge in [-0.05, 0) is 56.0 Å². The van der Waals surface area contributed by atoms with Gasteiger partial charge in [-0.3, -0.25) is 0 Å². The highest BCUT2D eigenvalue weighted by atomic mass is 19.1. The van der Waals surface area contributed by atoms with Gasteiger partial charge in [0.1, 0.15) is 5.82 Å². The zero-order valence-corrected chi connectivity index (χ0v) is 8.30. The van der Waals surface area contributed by atoms with Crippen molar-refractivity contribution in [1.29, 1.82) is 0 Å². The maximum absolute atomic E-state index is 12.9. The Morgan fingerprint density at radius 1 is 1.43 bits per heavy atom. The molecule has 1 nitrogen and oxygen atoms in total. The average Bonchev–Trinajstić information content (AvgIpc) is 2.19. The molecular formula is C12H16FN. The maximum atomic E-state index is 12.9. The average molecular weight is 193 g/mol. The van der Waals surface area contributed by atoms with Crippen LogP contribution in [0.3, 0.4) is 0 Å². The van der Waals surface area contributed by atoms with E-state index in [-0.39, 0.29) is 5.82 Å². The Kier molecular flexibility index (Phi) is 3.14. The molecule has 1 aliphatic rings. The van der Waals surface area contributed by atoms with E-state index < -0.39 is 0 Å². The van der Waals surface area contributed by atoms with Crippen molar-refractivity contribution >= 4 is 0 Å². The second kappa shape index (κ2) is 4.56. The monoisotopic (exact) mass is 193 g/mol. The zero-order chi connectivity index (χ0) is 9.80. The lowest BCUT2D eigenvalue weighted by molar-refractivity contribution is 0.375. The molecule has 2 rings (SSSR count). The van der Waals surface area contributed by atoms with Gasteiger partial charge in [0.2, 0.25) is 0 Å². The molecule has 1 atom stereocenters. The van der Waals surface area contributed by atoms with Gasteiger partial charge >= 0.3 is 0 Å². The summed E-state index contributed by atoms with van der Waals surface area (Å²) in [5.41, 5.74) is 1.12. The molecule has 1 aliphatic heterocycles. The second-order valence-corrected chi connectivity index (χ2v) is 4.05. The predicted octanol–water partition coefficient (Wildman–Crippen LogP) is 2.37. The molecule has 1 N–H and O–H groups in total. The first kappa shape index (κ1) is 9.66. The van der Waals surface area contributed by atoms with Crippen LogP contribution >= 0.6 is 0 Å². The van der Waals surface area contributed by atoms with E-state index in [9.17, 15) is 4.39 Å². The van der Waals surface area contributed by atoms with E-state index in [1.54, 1.807) is 12.1 Å². The van der Waals surface area contributed by atoms with Gasteiger partial charge in [0.25, 0.3) is 0 Å². The molecule has 1 aromatic carbocycles. The molecule has 1 aromatic rings. The van der Waals surface area contributed by atoms with Crippen molar-refractivity contribution in [2.45, 2.75) is 19.3 Å². The number of piperidine rings is 1. The fourth-order valence-corrected chi connectivity index (χ4v) is 2.10. The molecule has 2 heteroatoms. The van der Waals surface area contributed by atoms with Crippen molar-refractivity contribution < 1.29 is 4.39 Å². The van der Waals surface area contributed by atoms with Crippen molar-refractivity contribution in [3.8, 4) is 0 Å². The highest BCUT2D eigenvalue weighted by Gasteiger charge is 2.13. The number of halogens is 1. The smallest absolute Gasteiger partial charge is 0.123 e. The van der Waals surface area contributed by atoms with Crippen molar-refractivity contribution in [2.24, 2.45) is 5.92 Å². The fourth-order valence-electron chi connectivity index (χ4n) is 2.10. The van der Waals surface area contributed by atoms with Crippen LogP contribution in [-0.4, -0.2) is 13.1 Å². The lowest BCUT2D eigenvalue weighted by Gasteiger charge is -2.22. The molecule has 0 radical (unpaired) electrons. The van der Waals surface area contributed by atoms with E-state index in [4.69, 9.17) is 0 Å². The summed E-state index contributed by atoms with van der Waals surface area (Å²) < 4.78 is 12.9. The normalized spacial score (nSPS) is 22.2. The van der Waals surface area contributed by atoms with Gasteiger partial charge in [0.05, 0.1) is 0 Å². The second-order valence-electron chi connectivity index (χ2n) is 4.05. The highest BCUT2D eigenvalue weighted by Crippen LogP contribution is 2.16. The molecule has 76 valence electrons. The summed E-state index contributed by atoms with van der Waals surface area (Å²) in [5, 5.41) is 3.38. The van der Waals surface area contributed by atoms with Gasteiger partial charge in [-0.1, -0.05) is 12.1 Å². The van der Waals surface area contributed by atoms with Crippen molar-refractivity contribution in [3.63, 3.8) is 0 Å². The minimum Gasteiger partial charge on any atom is -0.316 e. The molecule has 0 bridgehead atoms. The topological polar surface area (TPSA) is 12.0 Å². The first-order valence-corrected chi connectivity index (χ1v) is 5.30. The van der Waals surface area contributed by atoms with Gasteiger partial charge in [-0.2, -0.15) is 0 Å². The van der Waals surface area contributed by atoms with Gasteiger partial charge < -0.3 is 5.32 Å². The molecule has 1 fully saturated rings. The van der Waals surface area contributed by atoms with Gasteiger partial charge in [-0.15, -0.1) is 0 Å². The van der Waals surface area contributed by atoms with Crippen LogP contribution in [0, 0.1) is 11.7 Å². The van der Waals surface area contributed by atoms with Crippen LogP contribution < -0.4 is 5.32 Å². The van der Waals surface area contributed by atoms with Crippen LogP contribution in [0.4, 0.5) is 4.39 Å². The number of hydrogen-bond acceptors (Lipinski definition) is 1. The van der Waals surface area contributed by atoms with Gasteiger partial charge in [-0.25, -0.2) is 4.39 Å². The van der Waals surface area contributed by atoms with E-state index in [2.05, 4.69) is 5.32 Å². The largest absolute Gasteiger partial charge is 0.316 e. The Morgan fingerprint density at radius 3 is 3.07 bits per heavy atom. The maximum Gasteiger partial charge on any atom is 0.123 e. The molecule has 1 unspecified atom stereocenters. The van der Waals surface area contributed by atoms with E-state index >= 15 is 0 Å². The van der Waals surface area contributed by atoms with Crippen LogP contribution in [-0.2, 0) is 6.42 Å². The minimum absolute atomic E-state index is 0.119. The summed E-state index contributed by atoms with van der Waals surface area (Å²) in [6, 6.07) is 6.95. The summed E-state index contributed by atoms with van der Waals surface area (Å²) in [6.07, 6.45) is 3.52. The van der Waals surface area contributed by atoms with Crippen molar-refractivity contribution in [1.82, 2.24) is 5.32 Å². The standard InChI is InChI=1S/C12H16FN/c13-12-5-1-3-10(8-12)7-11-4-2-6-14-9-11/h1,3,5,8,11,14H,2,4,6-7,9H2. The minimum atomic E-state index is -0.119. The molecule has 0 saturated carbocycles. The first-order chi connectivity index (χ1) is 6.84. The molecule has 0 aromatic heterocycles. The third-order valence-electron chi connectivity index (χ3n) is 2.81. The fraction of sp³-hybridized carbons (Fsp3) is 0.500. The van der Waals surface area contributed by atoms with Crippen LogP contribution in [0.15, 0.2) is 24.3 Å². The van der Waals surface area contributed by atoms with Crippen molar-refractivity contribution in [2.75, 3.05) is 13.1 Å². The van der Waals surface area contributed by atoms with Gasteiger partial charge in [0, 0.05) is 0 Å². The molecule has 0 spiro atoms. The summed E-state index contributed by atoms with van der Waals surface area (Å²) in [5.74, 6) is 0.566. The molecule has 1 saturated heterocycles. The third-order valence-corrected chi connectivity index (χ3v) is 2.81. The van der Waals surface area contributed by atoms with Crippen LogP contribution in [0.5, 0.6) is 0 Å². The quantitative estimate of drug-likeness (QED) is 0.760. The number of benzene rings is 1. The van der Waals surface area contributed by atoms with E-state index in [1.165, 1.54) is 18.9 Å². The van der Waals surface area contributed by atoms with Crippen LogP contribution in [0.25, 0.3) is 0 Å². The van der Waals surface area contributed by atoms with Crippen LogP contribution in [0.1, 0.15) is 18.4 Å². The summed E-state index contributed by atoms with van der Waals surface area (Å²) in [7, 11) is 0. The summed E-state index contributed by atoms with van der Waals surface area (Å²) in [6.45, 7) is 2.22. The molecule has 14 heavy (non-hydrogen) atoms. The van der Waals surface area contributed by atoms with E-state index in [1.807, 2.05) is 6.07 Å². The molecule has 0 amide bonds. The first-order valence-electron chi connectivity index (χ1n) is 5.30. The number of rotatable bonds is 2. The summed E-state index contributed by atoms with van der Waals surface area (Å²) in [4.78, 5) is 0. The Labute approximate surface area is 84.3 Å². The van der Waals surface area contributed by atoms with E-state index in [0.29, 0.717) is 5.92 Å². The zero-order valence-electron chi connectivity index (χ0n) is 8.30. The highest BCUT2D eigenvalue weighted by molar-refractivity contribution is 5.17. The molecule has 0 aliphatic carbocycles. The van der Waals surface area contributed by atoms with Gasteiger partial charge in [0.15, 0.2) is 0 Å². The van der Waals surface area contributed by atoms with Crippen molar-refractivity contribution in [3.05, 3.63) is 35.6 Å². The summed E-state index contributed by atoms with van der Waals surface area (Å²) >= 11 is 0. The Balaban J connectivity index is 1.95.